The molecule has 0 bridgehead atoms. The Balaban J connectivity index is 2.03. The Morgan fingerprint density at radius 3 is 2.68 bits per heavy atom. The molecule has 1 heterocycles. The van der Waals surface area contributed by atoms with Crippen molar-refractivity contribution in [1.29, 1.82) is 0 Å². The van der Waals surface area contributed by atoms with Gasteiger partial charge >= 0.3 is 0 Å². The minimum absolute atomic E-state index is 0.0756. The third-order valence-electron chi connectivity index (χ3n) is 3.93. The molecule has 3 nitrogen and oxygen atoms in total. The van der Waals surface area contributed by atoms with E-state index >= 15 is 0 Å². The van der Waals surface area contributed by atoms with E-state index in [0.717, 1.165) is 36.5 Å². The van der Waals surface area contributed by atoms with Crippen LogP contribution >= 0.6 is 11.6 Å². The Kier molecular flexibility index (Phi) is 4.83. The summed E-state index contributed by atoms with van der Waals surface area (Å²) in [5.41, 5.74) is 1.11. The lowest BCUT2D eigenvalue weighted by atomic mass is 9.97. The van der Waals surface area contributed by atoms with Crippen LogP contribution in [0.1, 0.15) is 31.4 Å². The summed E-state index contributed by atoms with van der Waals surface area (Å²) in [6.07, 6.45) is 2.07. The summed E-state index contributed by atoms with van der Waals surface area (Å²) in [6.45, 7) is 3.88. The predicted molar refractivity (Wildman–Crippen MR) is 78.2 cm³/mol. The average Bonchev–Trinajstić information content (AvgIpc) is 2.46. The fraction of sp³-hybridized carbons (Fsp3) is 0.533. The molecule has 0 spiro atoms. The summed E-state index contributed by atoms with van der Waals surface area (Å²) >= 11 is 5.89. The number of nitrogens with zero attached hydrogens (tertiary/aromatic N) is 1. The monoisotopic (exact) mass is 280 g/mol. The van der Waals surface area contributed by atoms with Crippen molar-refractivity contribution in [2.24, 2.45) is 5.92 Å². The number of hydrogen-bond acceptors (Lipinski definition) is 2. The van der Waals surface area contributed by atoms with Gasteiger partial charge in [-0.05, 0) is 44.0 Å². The van der Waals surface area contributed by atoms with Crippen molar-refractivity contribution < 1.29 is 4.79 Å². The van der Waals surface area contributed by atoms with Gasteiger partial charge in [-0.1, -0.05) is 23.7 Å². The van der Waals surface area contributed by atoms with Gasteiger partial charge in [0.1, 0.15) is 0 Å². The second-order valence-electron chi connectivity index (χ2n) is 5.22. The van der Waals surface area contributed by atoms with Crippen LogP contribution in [0, 0.1) is 5.92 Å². The molecule has 4 heteroatoms. The number of amides is 1. The molecule has 1 aromatic carbocycles. The first-order chi connectivity index (χ1) is 9.09. The quantitative estimate of drug-likeness (QED) is 0.923. The van der Waals surface area contributed by atoms with Crippen LogP contribution < -0.4 is 5.32 Å². The number of carbonyl (C=O) groups is 1. The van der Waals surface area contributed by atoms with Gasteiger partial charge in [0.15, 0.2) is 0 Å². The van der Waals surface area contributed by atoms with E-state index in [1.165, 1.54) is 0 Å². The minimum Gasteiger partial charge on any atom is -0.339 e. The zero-order valence-electron chi connectivity index (χ0n) is 11.5. The molecule has 2 unspecified atom stereocenters. The molecule has 2 rings (SSSR count). The number of rotatable bonds is 3. The molecule has 19 heavy (non-hydrogen) atoms. The third-order valence-corrected chi connectivity index (χ3v) is 4.18. The first kappa shape index (κ1) is 14.4. The summed E-state index contributed by atoms with van der Waals surface area (Å²) in [7, 11) is 1.89. The zero-order valence-corrected chi connectivity index (χ0v) is 12.3. The first-order valence-corrected chi connectivity index (χ1v) is 7.20. The second-order valence-corrected chi connectivity index (χ2v) is 5.66. The lowest BCUT2D eigenvalue weighted by Crippen LogP contribution is -2.42. The summed E-state index contributed by atoms with van der Waals surface area (Å²) in [5.74, 6) is 0.350. The van der Waals surface area contributed by atoms with Crippen LogP contribution in [0.3, 0.4) is 0 Å². The van der Waals surface area contributed by atoms with E-state index in [4.69, 9.17) is 11.6 Å². The highest BCUT2D eigenvalue weighted by molar-refractivity contribution is 6.30. The van der Waals surface area contributed by atoms with Crippen molar-refractivity contribution in [3.63, 3.8) is 0 Å². The fourth-order valence-electron chi connectivity index (χ4n) is 2.51. The lowest BCUT2D eigenvalue weighted by molar-refractivity contribution is -0.136. The zero-order chi connectivity index (χ0) is 13.8. The van der Waals surface area contributed by atoms with E-state index in [1.807, 2.05) is 36.2 Å². The largest absolute Gasteiger partial charge is 0.339 e. The van der Waals surface area contributed by atoms with Gasteiger partial charge in [-0.2, -0.15) is 0 Å². The molecule has 1 N–H and O–H groups in total. The van der Waals surface area contributed by atoms with Gasteiger partial charge in [0.05, 0.1) is 12.0 Å². The molecule has 104 valence electrons. The molecule has 1 amide bonds. The van der Waals surface area contributed by atoms with Crippen LogP contribution in [0.25, 0.3) is 0 Å². The van der Waals surface area contributed by atoms with Crippen LogP contribution in [-0.4, -0.2) is 30.9 Å². The fourth-order valence-corrected chi connectivity index (χ4v) is 2.63. The Bertz CT molecular complexity index is 426. The van der Waals surface area contributed by atoms with E-state index in [9.17, 15) is 4.79 Å². The number of piperidine rings is 1. The molecule has 0 radical (unpaired) electrons. The molecule has 0 aromatic heterocycles. The predicted octanol–water partition coefficient (Wildman–Crippen LogP) is 2.86. The molecule has 0 saturated carbocycles. The normalized spacial score (nSPS) is 20.9. The highest BCUT2D eigenvalue weighted by Gasteiger charge is 2.26. The van der Waals surface area contributed by atoms with E-state index in [0.29, 0.717) is 0 Å². The van der Waals surface area contributed by atoms with Crippen molar-refractivity contribution in [2.45, 2.75) is 25.8 Å². The number of nitrogens with one attached hydrogen (secondary N) is 1. The van der Waals surface area contributed by atoms with Crippen molar-refractivity contribution in [1.82, 2.24) is 10.2 Å². The third kappa shape index (κ3) is 3.48. The maximum Gasteiger partial charge on any atom is 0.227 e. The van der Waals surface area contributed by atoms with Gasteiger partial charge in [-0.25, -0.2) is 0 Å². The van der Waals surface area contributed by atoms with Gasteiger partial charge in [0.2, 0.25) is 5.91 Å². The van der Waals surface area contributed by atoms with E-state index in [-0.39, 0.29) is 17.9 Å². The Hall–Kier alpha value is -1.06. The van der Waals surface area contributed by atoms with Crippen molar-refractivity contribution in [3.05, 3.63) is 34.9 Å². The van der Waals surface area contributed by atoms with Crippen molar-refractivity contribution in [3.8, 4) is 0 Å². The number of hydrogen-bond donors (Lipinski definition) is 1. The van der Waals surface area contributed by atoms with Gasteiger partial charge in [-0.3, -0.25) is 4.79 Å². The summed E-state index contributed by atoms with van der Waals surface area (Å²) in [5, 5.41) is 4.02. The second kappa shape index (κ2) is 6.40. The standard InChI is InChI=1S/C15H21ClN2O/c1-11(12-5-7-14(16)8-6-12)18(2)15(19)13-4-3-9-17-10-13/h5-8,11,13,17H,3-4,9-10H2,1-2H3. The van der Waals surface area contributed by atoms with Gasteiger partial charge in [0, 0.05) is 18.6 Å². The maximum atomic E-state index is 12.4. The van der Waals surface area contributed by atoms with E-state index in [1.54, 1.807) is 0 Å². The highest BCUT2D eigenvalue weighted by Crippen LogP contribution is 2.23. The molecule has 1 fully saturated rings. The molecule has 1 aliphatic rings. The Morgan fingerprint density at radius 1 is 1.42 bits per heavy atom. The Labute approximate surface area is 119 Å². The van der Waals surface area contributed by atoms with E-state index < -0.39 is 0 Å². The van der Waals surface area contributed by atoms with Crippen molar-refractivity contribution in [2.75, 3.05) is 20.1 Å². The highest BCUT2D eigenvalue weighted by atomic mass is 35.5. The SMILES string of the molecule is CC(c1ccc(Cl)cc1)N(C)C(=O)C1CCCNC1. The van der Waals surface area contributed by atoms with Gasteiger partial charge in [0.25, 0.3) is 0 Å². The van der Waals surface area contributed by atoms with Gasteiger partial charge in [-0.15, -0.1) is 0 Å². The molecule has 2 atom stereocenters. The summed E-state index contributed by atoms with van der Waals surface area (Å²) in [4.78, 5) is 14.3. The molecular formula is C15H21ClN2O. The topological polar surface area (TPSA) is 32.3 Å². The van der Waals surface area contributed by atoms with Crippen LogP contribution in [0.5, 0.6) is 0 Å². The van der Waals surface area contributed by atoms with Gasteiger partial charge < -0.3 is 10.2 Å². The molecule has 1 aromatic rings. The number of halogens is 1. The summed E-state index contributed by atoms with van der Waals surface area (Å²) in [6, 6.07) is 7.78. The number of benzene rings is 1. The van der Waals surface area contributed by atoms with Crippen LogP contribution in [0.15, 0.2) is 24.3 Å². The minimum atomic E-state index is 0.0756. The number of carbonyl (C=O) groups excluding carboxylic acids is 1. The van der Waals surface area contributed by atoms with Crippen LogP contribution in [0.4, 0.5) is 0 Å². The summed E-state index contributed by atoms with van der Waals surface area (Å²) < 4.78 is 0. The molecule has 1 saturated heterocycles. The van der Waals surface area contributed by atoms with E-state index in [2.05, 4.69) is 12.2 Å². The Morgan fingerprint density at radius 2 is 2.11 bits per heavy atom. The average molecular weight is 281 g/mol. The maximum absolute atomic E-state index is 12.4. The van der Waals surface area contributed by atoms with Crippen LogP contribution in [-0.2, 0) is 4.79 Å². The lowest BCUT2D eigenvalue weighted by Gasteiger charge is -2.31. The van der Waals surface area contributed by atoms with Crippen molar-refractivity contribution >= 4 is 17.5 Å². The van der Waals surface area contributed by atoms with Crippen LogP contribution in [0.2, 0.25) is 5.02 Å². The molecular weight excluding hydrogens is 260 g/mol. The molecule has 0 aliphatic carbocycles. The first-order valence-electron chi connectivity index (χ1n) is 6.82. The molecule has 1 aliphatic heterocycles. The smallest absolute Gasteiger partial charge is 0.227 e.